The van der Waals surface area contributed by atoms with Crippen molar-refractivity contribution >= 4 is 15.9 Å². The first kappa shape index (κ1) is 24.2. The van der Waals surface area contributed by atoms with E-state index in [0.717, 1.165) is 56.1 Å². The first-order valence-electron chi connectivity index (χ1n) is 9.95. The molecule has 0 bridgehead atoms. The second-order valence-corrected chi connectivity index (χ2v) is 9.12. The lowest BCUT2D eigenvalue weighted by molar-refractivity contribution is -0.121. The summed E-state index contributed by atoms with van der Waals surface area (Å²) < 4.78 is 67.9. The molecule has 0 aromatic heterocycles. The molecule has 2 N–H and O–H groups in total. The van der Waals surface area contributed by atoms with Crippen molar-refractivity contribution in [3.8, 4) is 0 Å². The monoisotopic (exact) mass is 471 g/mol. The third-order valence-corrected chi connectivity index (χ3v) is 6.25. The van der Waals surface area contributed by atoms with Gasteiger partial charge >= 0.3 is 6.18 Å². The molecule has 0 spiro atoms. The largest absolute Gasteiger partial charge is 0.402 e. The van der Waals surface area contributed by atoms with Crippen LogP contribution >= 0.6 is 0 Å². The molecule has 0 atom stereocenters. The van der Waals surface area contributed by atoms with Gasteiger partial charge in [0.05, 0.1) is 18.1 Å². The predicted octanol–water partition coefficient (Wildman–Crippen LogP) is 2.29. The molecule has 7 nitrogen and oxygen atoms in total. The number of nitrogens with one attached hydrogen (secondary N) is 2. The summed E-state index contributed by atoms with van der Waals surface area (Å²) in [5.74, 6) is -0.532. The third-order valence-electron chi connectivity index (χ3n) is 4.86. The van der Waals surface area contributed by atoms with Gasteiger partial charge in [-0.25, -0.2) is 13.1 Å². The smallest absolute Gasteiger partial charge is 0.379 e. The topological polar surface area (TPSA) is 87.7 Å². The fourth-order valence-corrected chi connectivity index (χ4v) is 4.19. The summed E-state index contributed by atoms with van der Waals surface area (Å²) >= 11 is 0. The second-order valence-electron chi connectivity index (χ2n) is 7.36. The highest BCUT2D eigenvalue weighted by Crippen LogP contribution is 2.16. The van der Waals surface area contributed by atoms with Crippen molar-refractivity contribution in [3.05, 3.63) is 65.2 Å². The molecule has 1 fully saturated rings. The van der Waals surface area contributed by atoms with Gasteiger partial charge in [-0.05, 0) is 29.3 Å². The number of rotatable bonds is 8. The molecule has 0 unspecified atom stereocenters. The van der Waals surface area contributed by atoms with E-state index in [2.05, 4.69) is 10.2 Å². The maximum Gasteiger partial charge on any atom is 0.402 e. The number of carbonyl (C=O) groups excluding carboxylic acids is 1. The Bertz CT molecular complexity index is 1020. The van der Waals surface area contributed by atoms with Crippen LogP contribution in [0.4, 0.5) is 13.2 Å². The molecule has 1 aliphatic rings. The van der Waals surface area contributed by atoms with E-state index in [1.807, 2.05) is 24.3 Å². The Kier molecular flexibility index (Phi) is 7.88. The van der Waals surface area contributed by atoms with Gasteiger partial charge in [-0.2, -0.15) is 13.2 Å². The Balaban J connectivity index is 1.56. The molecule has 32 heavy (non-hydrogen) atoms. The zero-order valence-electron chi connectivity index (χ0n) is 17.2. The van der Waals surface area contributed by atoms with Gasteiger partial charge in [-0.1, -0.05) is 30.3 Å². The van der Waals surface area contributed by atoms with Crippen LogP contribution < -0.4 is 10.0 Å². The number of benzene rings is 2. The lowest BCUT2D eigenvalue weighted by atomic mass is 10.1. The summed E-state index contributed by atoms with van der Waals surface area (Å²) in [4.78, 5) is 14.3. The molecule has 2 aromatic carbocycles. The molecule has 174 valence electrons. The van der Waals surface area contributed by atoms with Gasteiger partial charge in [0, 0.05) is 31.7 Å². The molecule has 0 radical (unpaired) electrons. The fraction of sp³-hybridized carbons (Fsp3) is 0.381. The van der Waals surface area contributed by atoms with Crippen LogP contribution in [0.1, 0.15) is 21.5 Å². The number of ether oxygens (including phenoxy) is 1. The number of carbonyl (C=O) groups is 1. The summed E-state index contributed by atoms with van der Waals surface area (Å²) in [7, 11) is -4.40. The Morgan fingerprint density at radius 3 is 2.34 bits per heavy atom. The molecule has 0 aliphatic carbocycles. The van der Waals surface area contributed by atoms with Crippen molar-refractivity contribution in [2.24, 2.45) is 0 Å². The van der Waals surface area contributed by atoms with Gasteiger partial charge in [0.2, 0.25) is 10.0 Å². The number of nitrogens with zero attached hydrogens (tertiary/aromatic N) is 1. The van der Waals surface area contributed by atoms with E-state index < -0.39 is 33.5 Å². The first-order valence-corrected chi connectivity index (χ1v) is 11.4. The maximum absolute atomic E-state index is 12.4. The SMILES string of the molecule is O=C(NCc1ccc(CN2CCOCC2)cc1)c1cccc(S(=O)(=O)NCC(F)(F)F)c1. The summed E-state index contributed by atoms with van der Waals surface area (Å²) in [6.45, 7) is 2.58. The van der Waals surface area contributed by atoms with Crippen LogP contribution in [0.25, 0.3) is 0 Å². The van der Waals surface area contributed by atoms with Gasteiger partial charge in [-0.15, -0.1) is 0 Å². The molecule has 1 amide bonds. The molecular formula is C21H24F3N3O4S. The average molecular weight is 472 g/mol. The molecule has 0 saturated carbocycles. The fourth-order valence-electron chi connectivity index (χ4n) is 3.13. The van der Waals surface area contributed by atoms with Crippen LogP contribution in [-0.2, 0) is 27.8 Å². The second kappa shape index (κ2) is 10.4. The van der Waals surface area contributed by atoms with Crippen molar-refractivity contribution < 1.29 is 31.1 Å². The highest BCUT2D eigenvalue weighted by atomic mass is 32.2. The predicted molar refractivity (Wildman–Crippen MR) is 111 cm³/mol. The quantitative estimate of drug-likeness (QED) is 0.617. The van der Waals surface area contributed by atoms with Crippen LogP contribution in [0.15, 0.2) is 53.4 Å². The van der Waals surface area contributed by atoms with Gasteiger partial charge in [0.15, 0.2) is 0 Å². The first-order chi connectivity index (χ1) is 15.1. The third kappa shape index (κ3) is 7.30. The van der Waals surface area contributed by atoms with Crippen molar-refractivity contribution in [2.75, 3.05) is 32.8 Å². The Labute approximate surface area is 184 Å². The van der Waals surface area contributed by atoms with Crippen molar-refractivity contribution in [1.82, 2.24) is 14.9 Å². The minimum atomic E-state index is -4.68. The standard InChI is InChI=1S/C21H24F3N3O4S/c22-21(23,24)15-26-32(29,30)19-3-1-2-18(12-19)20(28)25-13-16-4-6-17(7-5-16)14-27-8-10-31-11-9-27/h1-7,12,26H,8-11,13-15H2,(H,25,28). The summed E-state index contributed by atoms with van der Waals surface area (Å²) in [5, 5.41) is 2.69. The molecule has 2 aromatic rings. The van der Waals surface area contributed by atoms with E-state index in [4.69, 9.17) is 4.74 Å². The Morgan fingerprint density at radius 1 is 1.03 bits per heavy atom. The number of hydrogen-bond acceptors (Lipinski definition) is 5. The highest BCUT2D eigenvalue weighted by molar-refractivity contribution is 7.89. The number of amides is 1. The summed E-state index contributed by atoms with van der Waals surface area (Å²) in [6, 6.07) is 12.6. The van der Waals surface area contributed by atoms with Crippen molar-refractivity contribution in [2.45, 2.75) is 24.2 Å². The van der Waals surface area contributed by atoms with Gasteiger partial charge in [0.25, 0.3) is 5.91 Å². The van der Waals surface area contributed by atoms with Crippen LogP contribution in [0.3, 0.4) is 0 Å². The maximum atomic E-state index is 12.4. The van der Waals surface area contributed by atoms with Gasteiger partial charge in [-0.3, -0.25) is 9.69 Å². The van der Waals surface area contributed by atoms with E-state index >= 15 is 0 Å². The zero-order chi connectivity index (χ0) is 23.2. The highest BCUT2D eigenvalue weighted by Gasteiger charge is 2.30. The van der Waals surface area contributed by atoms with Crippen LogP contribution in [-0.4, -0.2) is 58.2 Å². The van der Waals surface area contributed by atoms with E-state index in [-0.39, 0.29) is 12.1 Å². The minimum absolute atomic E-state index is 0.0313. The van der Waals surface area contributed by atoms with Gasteiger partial charge in [0.1, 0.15) is 6.54 Å². The molecule has 11 heteroatoms. The molecule has 1 heterocycles. The number of sulfonamides is 1. The Morgan fingerprint density at radius 2 is 1.69 bits per heavy atom. The molecule has 1 aliphatic heterocycles. The Hall–Kier alpha value is -2.47. The molecule has 1 saturated heterocycles. The minimum Gasteiger partial charge on any atom is -0.379 e. The molecular weight excluding hydrogens is 447 g/mol. The lowest BCUT2D eigenvalue weighted by Gasteiger charge is -2.26. The lowest BCUT2D eigenvalue weighted by Crippen LogP contribution is -2.35. The van der Waals surface area contributed by atoms with Crippen molar-refractivity contribution in [1.29, 1.82) is 0 Å². The summed E-state index contributed by atoms with van der Waals surface area (Å²) in [6.07, 6.45) is -4.68. The van der Waals surface area contributed by atoms with E-state index in [1.165, 1.54) is 16.9 Å². The number of hydrogen-bond donors (Lipinski definition) is 2. The molecule has 3 rings (SSSR count). The summed E-state index contributed by atoms with van der Waals surface area (Å²) in [5.41, 5.74) is 2.04. The van der Waals surface area contributed by atoms with Crippen LogP contribution in [0, 0.1) is 0 Å². The average Bonchev–Trinajstić information content (AvgIpc) is 2.77. The normalized spacial score (nSPS) is 15.5. The van der Waals surface area contributed by atoms with E-state index in [1.54, 1.807) is 0 Å². The number of halogens is 3. The number of alkyl halides is 3. The van der Waals surface area contributed by atoms with Crippen LogP contribution in [0.5, 0.6) is 0 Å². The van der Waals surface area contributed by atoms with Gasteiger partial charge < -0.3 is 10.1 Å². The van der Waals surface area contributed by atoms with Crippen LogP contribution in [0.2, 0.25) is 0 Å². The number of morpholine rings is 1. The zero-order valence-corrected chi connectivity index (χ0v) is 18.0. The van der Waals surface area contributed by atoms with E-state index in [9.17, 15) is 26.4 Å². The van der Waals surface area contributed by atoms with Crippen molar-refractivity contribution in [3.63, 3.8) is 0 Å². The van der Waals surface area contributed by atoms with E-state index in [0.29, 0.717) is 0 Å².